The highest BCUT2D eigenvalue weighted by molar-refractivity contribution is 5.95. The minimum absolute atomic E-state index is 0.0746. The molecule has 0 heterocycles. The maximum Gasteiger partial charge on any atom is 0.408 e. The van der Waals surface area contributed by atoms with Crippen molar-refractivity contribution in [1.82, 2.24) is 10.6 Å². The molecule has 1 saturated carbocycles. The SMILES string of the molecule is CC(C)(C)C(NC(=O)C1(NC(=O)OCC2c3ccccc3-c3ccccc32)CC1)C(=O)O. The fraction of sp³-hybridized carbons (Fsp3) is 0.400. The fourth-order valence-electron chi connectivity index (χ4n) is 4.28. The smallest absolute Gasteiger partial charge is 0.408 e. The number of nitrogens with one attached hydrogen (secondary N) is 2. The van der Waals surface area contributed by atoms with Gasteiger partial charge in [-0.1, -0.05) is 69.3 Å². The zero-order chi connectivity index (χ0) is 23.1. The van der Waals surface area contributed by atoms with Crippen LogP contribution in [0.4, 0.5) is 4.79 Å². The molecule has 1 atom stereocenters. The molecule has 2 aliphatic carbocycles. The second-order valence-corrected chi connectivity index (χ2v) is 9.64. The number of hydrogen-bond acceptors (Lipinski definition) is 4. The van der Waals surface area contributed by atoms with Gasteiger partial charge in [0, 0.05) is 5.92 Å². The number of benzene rings is 2. The summed E-state index contributed by atoms with van der Waals surface area (Å²) in [5.74, 6) is -1.68. The third-order valence-corrected chi connectivity index (χ3v) is 6.26. The fourth-order valence-corrected chi connectivity index (χ4v) is 4.28. The molecule has 0 aromatic heterocycles. The highest BCUT2D eigenvalue weighted by Gasteiger charge is 2.53. The first-order chi connectivity index (χ1) is 15.1. The van der Waals surface area contributed by atoms with Crippen LogP contribution in [0.1, 0.15) is 50.7 Å². The van der Waals surface area contributed by atoms with Gasteiger partial charge < -0.3 is 20.5 Å². The van der Waals surface area contributed by atoms with E-state index in [4.69, 9.17) is 4.74 Å². The molecule has 168 valence electrons. The summed E-state index contributed by atoms with van der Waals surface area (Å²) < 4.78 is 5.54. The van der Waals surface area contributed by atoms with E-state index < -0.39 is 35.0 Å². The predicted octanol–water partition coefficient (Wildman–Crippen LogP) is 3.67. The standard InChI is InChI=1S/C25H28N2O5/c1-24(2,3)20(21(28)29)26-22(30)25(12-13-25)27-23(31)32-14-19-17-10-6-4-8-15(17)16-9-5-7-11-18(16)19/h4-11,19-20H,12-14H2,1-3H3,(H,26,30)(H,27,31)(H,28,29). The Morgan fingerprint density at radius 3 is 2.03 bits per heavy atom. The van der Waals surface area contributed by atoms with Crippen molar-refractivity contribution in [1.29, 1.82) is 0 Å². The average molecular weight is 437 g/mol. The molecule has 3 N–H and O–H groups in total. The Labute approximate surface area is 187 Å². The predicted molar refractivity (Wildman–Crippen MR) is 119 cm³/mol. The Bertz CT molecular complexity index is 1020. The molecule has 7 heteroatoms. The number of rotatable bonds is 6. The number of alkyl carbamates (subject to hydrolysis) is 1. The van der Waals surface area contributed by atoms with E-state index in [-0.39, 0.29) is 12.5 Å². The van der Waals surface area contributed by atoms with Crippen molar-refractivity contribution in [3.8, 4) is 11.1 Å². The molecule has 2 aromatic rings. The van der Waals surface area contributed by atoms with E-state index in [0.29, 0.717) is 12.8 Å². The molecule has 32 heavy (non-hydrogen) atoms. The second kappa shape index (κ2) is 7.97. The summed E-state index contributed by atoms with van der Waals surface area (Å²) in [6.07, 6.45) is 0.209. The van der Waals surface area contributed by atoms with Crippen LogP contribution in [0.15, 0.2) is 48.5 Å². The van der Waals surface area contributed by atoms with Gasteiger partial charge in [-0.25, -0.2) is 9.59 Å². The number of fused-ring (bicyclic) bond motifs is 3. The summed E-state index contributed by atoms with van der Waals surface area (Å²) in [4.78, 5) is 36.9. The lowest BCUT2D eigenvalue weighted by Gasteiger charge is -2.29. The molecule has 7 nitrogen and oxygen atoms in total. The molecule has 4 rings (SSSR count). The normalized spacial score (nSPS) is 17.0. The van der Waals surface area contributed by atoms with Crippen LogP contribution in [-0.4, -0.2) is 41.3 Å². The van der Waals surface area contributed by atoms with Crippen LogP contribution in [0.3, 0.4) is 0 Å². The van der Waals surface area contributed by atoms with E-state index in [1.807, 2.05) is 36.4 Å². The maximum atomic E-state index is 12.8. The Morgan fingerprint density at radius 1 is 1.03 bits per heavy atom. The maximum absolute atomic E-state index is 12.8. The van der Waals surface area contributed by atoms with Gasteiger partial charge in [-0.2, -0.15) is 0 Å². The minimum Gasteiger partial charge on any atom is -0.480 e. The van der Waals surface area contributed by atoms with Gasteiger partial charge in [0.1, 0.15) is 18.2 Å². The Morgan fingerprint density at radius 2 is 1.56 bits per heavy atom. The van der Waals surface area contributed by atoms with Crippen LogP contribution in [0.25, 0.3) is 11.1 Å². The van der Waals surface area contributed by atoms with Gasteiger partial charge in [0.2, 0.25) is 5.91 Å². The van der Waals surface area contributed by atoms with Crippen LogP contribution >= 0.6 is 0 Å². The zero-order valence-corrected chi connectivity index (χ0v) is 18.5. The van der Waals surface area contributed by atoms with E-state index in [2.05, 4.69) is 22.8 Å². The van der Waals surface area contributed by atoms with Gasteiger partial charge in [0.25, 0.3) is 0 Å². The van der Waals surface area contributed by atoms with Crippen molar-refractivity contribution >= 4 is 18.0 Å². The second-order valence-electron chi connectivity index (χ2n) is 9.64. The first-order valence-corrected chi connectivity index (χ1v) is 10.8. The molecular weight excluding hydrogens is 408 g/mol. The molecule has 0 saturated heterocycles. The third-order valence-electron chi connectivity index (χ3n) is 6.26. The molecule has 1 unspecified atom stereocenters. The van der Waals surface area contributed by atoms with E-state index in [1.54, 1.807) is 20.8 Å². The number of amides is 2. The van der Waals surface area contributed by atoms with Gasteiger partial charge in [0.05, 0.1) is 0 Å². The summed E-state index contributed by atoms with van der Waals surface area (Å²) in [7, 11) is 0. The number of carbonyl (C=O) groups excluding carboxylic acids is 2. The van der Waals surface area contributed by atoms with Gasteiger partial charge >= 0.3 is 12.1 Å². The van der Waals surface area contributed by atoms with Crippen molar-refractivity contribution in [2.24, 2.45) is 5.41 Å². The zero-order valence-electron chi connectivity index (χ0n) is 18.5. The van der Waals surface area contributed by atoms with E-state index in [0.717, 1.165) is 22.3 Å². The average Bonchev–Trinajstić information content (AvgIpc) is 3.45. The monoisotopic (exact) mass is 436 g/mol. The molecule has 0 bridgehead atoms. The third kappa shape index (κ3) is 4.07. The quantitative estimate of drug-likeness (QED) is 0.641. The molecule has 1 fully saturated rings. The Balaban J connectivity index is 1.40. The van der Waals surface area contributed by atoms with E-state index in [9.17, 15) is 19.5 Å². The van der Waals surface area contributed by atoms with Crippen molar-refractivity contribution in [2.45, 2.75) is 51.1 Å². The van der Waals surface area contributed by atoms with Crippen LogP contribution in [0.5, 0.6) is 0 Å². The van der Waals surface area contributed by atoms with Crippen LogP contribution in [0, 0.1) is 5.41 Å². The van der Waals surface area contributed by atoms with Gasteiger partial charge in [0.15, 0.2) is 0 Å². The number of ether oxygens (including phenoxy) is 1. The largest absolute Gasteiger partial charge is 0.480 e. The van der Waals surface area contributed by atoms with Crippen LogP contribution < -0.4 is 10.6 Å². The molecule has 0 spiro atoms. The number of aliphatic carboxylic acids is 1. The lowest BCUT2D eigenvalue weighted by Crippen LogP contribution is -2.56. The van der Waals surface area contributed by atoms with E-state index in [1.165, 1.54) is 0 Å². The first-order valence-electron chi connectivity index (χ1n) is 10.8. The Kier molecular flexibility index (Phi) is 5.44. The molecule has 0 aliphatic heterocycles. The lowest BCUT2D eigenvalue weighted by molar-refractivity contribution is -0.145. The first kappa shape index (κ1) is 21.9. The summed E-state index contributed by atoms with van der Waals surface area (Å²) in [5.41, 5.74) is 2.71. The number of carbonyl (C=O) groups is 3. The van der Waals surface area contributed by atoms with E-state index >= 15 is 0 Å². The molecule has 2 aromatic carbocycles. The molecular formula is C25H28N2O5. The van der Waals surface area contributed by atoms with Gasteiger partial charge in [-0.3, -0.25) is 4.79 Å². The highest BCUT2D eigenvalue weighted by Crippen LogP contribution is 2.44. The van der Waals surface area contributed by atoms with Crippen molar-refractivity contribution in [3.63, 3.8) is 0 Å². The molecule has 0 radical (unpaired) electrons. The van der Waals surface area contributed by atoms with Crippen molar-refractivity contribution in [2.75, 3.05) is 6.61 Å². The summed E-state index contributed by atoms with van der Waals surface area (Å²) in [6.45, 7) is 5.37. The minimum atomic E-state index is -1.11. The van der Waals surface area contributed by atoms with Crippen LogP contribution in [-0.2, 0) is 14.3 Å². The van der Waals surface area contributed by atoms with Gasteiger partial charge in [-0.05, 0) is 40.5 Å². The number of hydrogen-bond donors (Lipinski definition) is 3. The number of carboxylic acid groups (broad SMARTS) is 1. The molecule has 2 amide bonds. The van der Waals surface area contributed by atoms with Crippen LogP contribution in [0.2, 0.25) is 0 Å². The van der Waals surface area contributed by atoms with Crippen molar-refractivity contribution < 1.29 is 24.2 Å². The molecule has 2 aliphatic rings. The highest BCUT2D eigenvalue weighted by atomic mass is 16.5. The summed E-state index contributed by atoms with van der Waals surface area (Å²) in [6, 6.07) is 15.1. The van der Waals surface area contributed by atoms with Crippen molar-refractivity contribution in [3.05, 3.63) is 59.7 Å². The van der Waals surface area contributed by atoms with Gasteiger partial charge in [-0.15, -0.1) is 0 Å². The summed E-state index contributed by atoms with van der Waals surface area (Å²) in [5, 5.41) is 14.7. The lowest BCUT2D eigenvalue weighted by atomic mass is 9.86. The number of carboxylic acids is 1. The summed E-state index contributed by atoms with van der Waals surface area (Å²) >= 11 is 0. The Hall–Kier alpha value is -3.35. The topological polar surface area (TPSA) is 105 Å².